The van der Waals surface area contributed by atoms with E-state index in [9.17, 15) is 13.6 Å². The van der Waals surface area contributed by atoms with Crippen LogP contribution in [0.5, 0.6) is 0 Å². The van der Waals surface area contributed by atoms with Gasteiger partial charge in [-0.05, 0) is 35.9 Å². The summed E-state index contributed by atoms with van der Waals surface area (Å²) in [6.45, 7) is 0. The van der Waals surface area contributed by atoms with Crippen LogP contribution in [-0.2, 0) is 7.05 Å². The van der Waals surface area contributed by atoms with Gasteiger partial charge in [0.15, 0.2) is 5.78 Å². The normalized spacial score (nSPS) is 19.4. The topological polar surface area (TPSA) is 59.8 Å². The van der Waals surface area contributed by atoms with Crippen molar-refractivity contribution in [3.8, 4) is 0 Å². The number of rotatable bonds is 2. The van der Waals surface area contributed by atoms with Crippen molar-refractivity contribution in [2.75, 3.05) is 5.32 Å². The molecule has 1 aliphatic heterocycles. The first-order chi connectivity index (χ1) is 12.0. The summed E-state index contributed by atoms with van der Waals surface area (Å²) in [6.07, 6.45) is 1.38. The smallest absolute Gasteiger partial charge is 0.178 e. The molecule has 5 nitrogen and oxygen atoms in total. The predicted molar refractivity (Wildman–Crippen MR) is 87.2 cm³/mol. The highest BCUT2D eigenvalue weighted by Crippen LogP contribution is 2.41. The largest absolute Gasteiger partial charge is 0.376 e. The number of carbonyl (C=O) groups is 1. The van der Waals surface area contributed by atoms with Gasteiger partial charge in [-0.25, -0.2) is 13.8 Å². The quantitative estimate of drug-likeness (QED) is 0.778. The SMILES string of the molecule is Cn1ncnc1C1C(=O)c2ccc(F)cc2NC1c1ccc(F)cc1. The summed E-state index contributed by atoms with van der Waals surface area (Å²) in [4.78, 5) is 17.3. The van der Waals surface area contributed by atoms with Crippen LogP contribution in [-0.4, -0.2) is 20.5 Å². The highest BCUT2D eigenvalue weighted by Gasteiger charge is 2.40. The fourth-order valence-electron chi connectivity index (χ4n) is 3.22. The lowest BCUT2D eigenvalue weighted by atomic mass is 9.82. The van der Waals surface area contributed by atoms with Crippen molar-refractivity contribution in [1.29, 1.82) is 0 Å². The lowest BCUT2D eigenvalue weighted by Gasteiger charge is -2.33. The van der Waals surface area contributed by atoms with Gasteiger partial charge in [0, 0.05) is 18.3 Å². The minimum absolute atomic E-state index is 0.181. The number of aryl methyl sites for hydroxylation is 1. The molecule has 0 bridgehead atoms. The molecule has 0 saturated carbocycles. The van der Waals surface area contributed by atoms with Gasteiger partial charge in [-0.3, -0.25) is 9.48 Å². The first kappa shape index (κ1) is 15.4. The van der Waals surface area contributed by atoms with Crippen molar-refractivity contribution >= 4 is 11.5 Å². The van der Waals surface area contributed by atoms with Gasteiger partial charge in [-0.2, -0.15) is 5.10 Å². The third kappa shape index (κ3) is 2.57. The summed E-state index contributed by atoms with van der Waals surface area (Å²) < 4.78 is 28.4. The number of nitrogens with one attached hydrogen (secondary N) is 1. The lowest BCUT2D eigenvalue weighted by molar-refractivity contribution is 0.0938. The summed E-state index contributed by atoms with van der Waals surface area (Å²) in [5, 5.41) is 7.25. The van der Waals surface area contributed by atoms with Gasteiger partial charge in [0.1, 0.15) is 29.7 Å². The second-order valence-corrected chi connectivity index (χ2v) is 5.95. The van der Waals surface area contributed by atoms with Gasteiger partial charge in [0.25, 0.3) is 0 Å². The van der Waals surface area contributed by atoms with Crippen LogP contribution in [0, 0.1) is 11.6 Å². The maximum atomic E-state index is 13.6. The highest BCUT2D eigenvalue weighted by atomic mass is 19.1. The van der Waals surface area contributed by atoms with Crippen LogP contribution in [0.2, 0.25) is 0 Å². The van der Waals surface area contributed by atoms with Gasteiger partial charge < -0.3 is 5.32 Å². The van der Waals surface area contributed by atoms with E-state index in [1.54, 1.807) is 19.2 Å². The van der Waals surface area contributed by atoms with Gasteiger partial charge in [-0.1, -0.05) is 12.1 Å². The Morgan fingerprint density at radius 1 is 1.08 bits per heavy atom. The standard InChI is InChI=1S/C18H14F2N4O/c1-24-18(21-9-22-24)15-16(10-2-4-11(19)5-3-10)23-14-8-12(20)6-7-13(14)17(15)25/h2-9,15-16,23H,1H3. The number of ketones is 1. The second-order valence-electron chi connectivity index (χ2n) is 5.95. The highest BCUT2D eigenvalue weighted by molar-refractivity contribution is 6.07. The van der Waals surface area contributed by atoms with Crippen molar-refractivity contribution in [3.63, 3.8) is 0 Å². The summed E-state index contributed by atoms with van der Waals surface area (Å²) in [5.41, 5.74) is 1.52. The van der Waals surface area contributed by atoms with Crippen LogP contribution >= 0.6 is 0 Å². The van der Waals surface area contributed by atoms with Crippen LogP contribution in [0.4, 0.5) is 14.5 Å². The van der Waals surface area contributed by atoms with E-state index in [2.05, 4.69) is 15.4 Å². The van der Waals surface area contributed by atoms with E-state index in [0.717, 1.165) is 0 Å². The van der Waals surface area contributed by atoms with E-state index in [1.165, 1.54) is 41.3 Å². The number of fused-ring (bicyclic) bond motifs is 1. The van der Waals surface area contributed by atoms with Crippen LogP contribution in [0.15, 0.2) is 48.8 Å². The maximum absolute atomic E-state index is 13.6. The lowest BCUT2D eigenvalue weighted by Crippen LogP contribution is -2.33. The molecular weight excluding hydrogens is 326 g/mol. The molecule has 1 N–H and O–H groups in total. The molecule has 7 heteroatoms. The number of hydrogen-bond acceptors (Lipinski definition) is 4. The molecular formula is C18H14F2N4O. The minimum atomic E-state index is -0.657. The zero-order valence-electron chi connectivity index (χ0n) is 13.3. The van der Waals surface area contributed by atoms with Gasteiger partial charge in [0.2, 0.25) is 0 Å². The van der Waals surface area contributed by atoms with Crippen molar-refractivity contribution in [2.45, 2.75) is 12.0 Å². The number of nitrogens with zero attached hydrogens (tertiary/aromatic N) is 3. The Bertz CT molecular complexity index is 952. The molecule has 2 unspecified atom stereocenters. The number of hydrogen-bond donors (Lipinski definition) is 1. The second kappa shape index (κ2) is 5.77. The molecule has 0 aliphatic carbocycles. The Morgan fingerprint density at radius 3 is 2.48 bits per heavy atom. The molecule has 2 aromatic carbocycles. The Balaban J connectivity index is 1.88. The molecule has 3 aromatic rings. The molecule has 0 spiro atoms. The summed E-state index contributed by atoms with van der Waals surface area (Å²) in [5.74, 6) is -1.15. The van der Waals surface area contributed by atoms with E-state index in [0.29, 0.717) is 22.6 Å². The van der Waals surface area contributed by atoms with Gasteiger partial charge in [0.05, 0.1) is 6.04 Å². The van der Waals surface area contributed by atoms with E-state index < -0.39 is 17.8 Å². The predicted octanol–water partition coefficient (Wildman–Crippen LogP) is 3.23. The molecule has 0 radical (unpaired) electrons. The Kier molecular flexibility index (Phi) is 3.56. The van der Waals surface area contributed by atoms with Crippen LogP contribution in [0.1, 0.15) is 33.7 Å². The molecule has 0 saturated heterocycles. The van der Waals surface area contributed by atoms with Crippen LogP contribution in [0.25, 0.3) is 0 Å². The molecule has 25 heavy (non-hydrogen) atoms. The van der Waals surface area contributed by atoms with Crippen molar-refractivity contribution in [2.24, 2.45) is 7.05 Å². The fourth-order valence-corrected chi connectivity index (χ4v) is 3.22. The Morgan fingerprint density at radius 2 is 1.80 bits per heavy atom. The molecule has 2 atom stereocenters. The zero-order valence-corrected chi connectivity index (χ0v) is 13.3. The van der Waals surface area contributed by atoms with Crippen molar-refractivity contribution < 1.29 is 13.6 Å². The van der Waals surface area contributed by atoms with E-state index >= 15 is 0 Å². The van der Waals surface area contributed by atoms with E-state index in [4.69, 9.17) is 0 Å². The number of benzene rings is 2. The monoisotopic (exact) mass is 340 g/mol. The number of carbonyl (C=O) groups excluding carboxylic acids is 1. The number of halogens is 2. The average Bonchev–Trinajstić information content (AvgIpc) is 3.01. The zero-order chi connectivity index (χ0) is 17.6. The first-order valence-corrected chi connectivity index (χ1v) is 7.74. The number of Topliss-reactive ketones (excluding diaryl/α,β-unsaturated/α-hetero) is 1. The van der Waals surface area contributed by atoms with E-state index in [-0.39, 0.29) is 11.6 Å². The average molecular weight is 340 g/mol. The molecule has 2 heterocycles. The van der Waals surface area contributed by atoms with Gasteiger partial charge >= 0.3 is 0 Å². The maximum Gasteiger partial charge on any atom is 0.178 e. The summed E-state index contributed by atoms with van der Waals surface area (Å²) >= 11 is 0. The molecule has 126 valence electrons. The van der Waals surface area contributed by atoms with Crippen LogP contribution < -0.4 is 5.32 Å². The number of aromatic nitrogens is 3. The minimum Gasteiger partial charge on any atom is -0.376 e. The molecule has 0 amide bonds. The molecule has 0 fully saturated rings. The van der Waals surface area contributed by atoms with E-state index in [1.807, 2.05) is 0 Å². The summed E-state index contributed by atoms with van der Waals surface area (Å²) in [7, 11) is 1.71. The van der Waals surface area contributed by atoms with Crippen LogP contribution in [0.3, 0.4) is 0 Å². The Hall–Kier alpha value is -3.09. The molecule has 1 aliphatic rings. The van der Waals surface area contributed by atoms with Crippen molar-refractivity contribution in [3.05, 3.63) is 77.4 Å². The fraction of sp³-hybridized carbons (Fsp3) is 0.167. The number of anilines is 1. The first-order valence-electron chi connectivity index (χ1n) is 7.74. The molecule has 4 rings (SSSR count). The van der Waals surface area contributed by atoms with Gasteiger partial charge in [-0.15, -0.1) is 0 Å². The third-order valence-electron chi connectivity index (χ3n) is 4.43. The third-order valence-corrected chi connectivity index (χ3v) is 4.43. The van der Waals surface area contributed by atoms with Crippen molar-refractivity contribution in [1.82, 2.24) is 14.8 Å². The Labute approximate surface area is 142 Å². The summed E-state index contributed by atoms with van der Waals surface area (Å²) in [6, 6.07) is 9.37. The molecule has 1 aromatic heterocycles.